The van der Waals surface area contributed by atoms with Crippen molar-refractivity contribution in [3.63, 3.8) is 0 Å². The molecule has 8 aromatic rings. The fourth-order valence-electron chi connectivity index (χ4n) is 8.50. The number of hydrogen-bond donors (Lipinski definition) is 0. The summed E-state index contributed by atoms with van der Waals surface area (Å²) in [6.45, 7) is 17.9. The van der Waals surface area contributed by atoms with Gasteiger partial charge >= 0.3 is 21.1 Å². The summed E-state index contributed by atoms with van der Waals surface area (Å²) in [6, 6.07) is 71.4. The Kier molecular flexibility index (Phi) is 11.5. The summed E-state index contributed by atoms with van der Waals surface area (Å²) < 4.78 is 6.62. The number of nitrogens with zero attached hydrogens (tertiary/aromatic N) is 4. The second-order valence-electron chi connectivity index (χ2n) is 18.3. The predicted octanol–water partition coefficient (Wildman–Crippen LogP) is 15.8. The van der Waals surface area contributed by atoms with Crippen molar-refractivity contribution in [3.8, 4) is 33.8 Å². The van der Waals surface area contributed by atoms with Gasteiger partial charge in [0, 0.05) is 56.8 Å². The Labute approximate surface area is 393 Å². The van der Waals surface area contributed by atoms with Crippen molar-refractivity contribution < 1.29 is 25.8 Å². The molecule has 2 heterocycles. The molecule has 6 heteroatoms. The van der Waals surface area contributed by atoms with Crippen LogP contribution < -0.4 is 24.3 Å². The van der Waals surface area contributed by atoms with Crippen LogP contribution in [0.15, 0.2) is 182 Å². The van der Waals surface area contributed by atoms with Gasteiger partial charge in [0.15, 0.2) is 0 Å². The molecule has 2 aliphatic rings. The van der Waals surface area contributed by atoms with E-state index >= 15 is 0 Å². The van der Waals surface area contributed by atoms with E-state index in [1.165, 1.54) is 33.4 Å². The van der Waals surface area contributed by atoms with Gasteiger partial charge in [-0.05, 0) is 69.5 Å². The molecular formula is C58H50N4OPt. The Bertz CT molecular complexity index is 2740. The number of hydrogen-bond acceptors (Lipinski definition) is 5. The van der Waals surface area contributed by atoms with Crippen LogP contribution in [0.5, 0.6) is 11.5 Å². The minimum absolute atomic E-state index is 0. The second kappa shape index (κ2) is 17.2. The molecule has 0 atom stereocenters. The summed E-state index contributed by atoms with van der Waals surface area (Å²) in [5.74, 6) is 1.20. The van der Waals surface area contributed by atoms with Crippen molar-refractivity contribution >= 4 is 45.5 Å². The third-order valence-corrected chi connectivity index (χ3v) is 11.9. The fourth-order valence-corrected chi connectivity index (χ4v) is 8.50. The molecule has 0 N–H and O–H groups in total. The van der Waals surface area contributed by atoms with Gasteiger partial charge in [-0.1, -0.05) is 151 Å². The summed E-state index contributed by atoms with van der Waals surface area (Å²) in [7, 11) is 0. The molecule has 8 aromatic carbocycles. The molecule has 0 saturated carbocycles. The van der Waals surface area contributed by atoms with Crippen LogP contribution in [-0.2, 0) is 31.9 Å². The second-order valence-corrected chi connectivity index (χ2v) is 18.3. The minimum Gasteiger partial charge on any atom is -0.509 e. The van der Waals surface area contributed by atoms with Crippen LogP contribution in [0.25, 0.3) is 22.3 Å². The predicted molar refractivity (Wildman–Crippen MR) is 262 cm³/mol. The van der Waals surface area contributed by atoms with Crippen molar-refractivity contribution in [3.05, 3.63) is 219 Å². The Hall–Kier alpha value is -6.55. The van der Waals surface area contributed by atoms with Gasteiger partial charge in [-0.25, -0.2) is 0 Å². The van der Waals surface area contributed by atoms with Crippen molar-refractivity contribution in [2.45, 2.75) is 52.4 Å². The molecule has 0 radical (unpaired) electrons. The standard InChI is InChI=1S/C58H50N4O.Pt/c1-57(2,3)43-31-33-49(41-19-9-7-10-20-41)55(35-43)61-39-59(51-27-13-15-29-53(51)61)45-23-17-25-47(37-45)63-48-26-18-24-46(38-48)60-40-62(54-30-16-14-28-52(54)60)56-36-44(58(4,5)6)32-34-50(56)42-21-11-8-12-22-42;/h7-36,39-40H,1-6H3;/q-4;+4. The van der Waals surface area contributed by atoms with Gasteiger partial charge in [-0.15, -0.1) is 61.1 Å². The first kappa shape index (κ1) is 42.7. The molecule has 0 aromatic heterocycles. The first-order chi connectivity index (χ1) is 30.5. The monoisotopic (exact) mass is 1010 g/mol. The zero-order valence-electron chi connectivity index (χ0n) is 37.0. The molecule has 5 nitrogen and oxygen atoms in total. The maximum atomic E-state index is 6.62. The van der Waals surface area contributed by atoms with Gasteiger partial charge in [-0.2, -0.15) is 12.1 Å². The average Bonchev–Trinajstić information content (AvgIpc) is 3.89. The molecule has 0 bridgehead atoms. The third-order valence-electron chi connectivity index (χ3n) is 11.9. The van der Waals surface area contributed by atoms with E-state index in [4.69, 9.17) is 4.74 Å². The van der Waals surface area contributed by atoms with E-state index in [-0.39, 0.29) is 31.9 Å². The fraction of sp³-hybridized carbons (Fsp3) is 0.138. The molecule has 0 amide bonds. The van der Waals surface area contributed by atoms with Crippen molar-refractivity contribution in [2.24, 2.45) is 0 Å². The number of benzene rings is 8. The number of anilines is 8. The van der Waals surface area contributed by atoms with E-state index in [2.05, 4.69) is 244 Å². The molecule has 0 fully saturated rings. The number of rotatable bonds is 8. The summed E-state index contributed by atoms with van der Waals surface area (Å²) in [5, 5.41) is 0. The van der Waals surface area contributed by atoms with E-state index in [1.807, 2.05) is 24.3 Å². The molecule has 318 valence electrons. The summed E-state index contributed by atoms with van der Waals surface area (Å²) in [5.41, 5.74) is 15.5. The van der Waals surface area contributed by atoms with E-state index in [1.54, 1.807) is 0 Å². The summed E-state index contributed by atoms with van der Waals surface area (Å²) in [4.78, 5) is 9.01. The smallest absolute Gasteiger partial charge is 0.509 e. The Morgan fingerprint density at radius 3 is 1.11 bits per heavy atom. The zero-order chi connectivity index (χ0) is 43.3. The minimum atomic E-state index is -0.0177. The van der Waals surface area contributed by atoms with E-state index in [9.17, 15) is 0 Å². The molecule has 0 aliphatic carbocycles. The first-order valence-electron chi connectivity index (χ1n) is 21.7. The molecule has 64 heavy (non-hydrogen) atoms. The van der Waals surface area contributed by atoms with Crippen LogP contribution in [0.1, 0.15) is 52.7 Å². The van der Waals surface area contributed by atoms with Crippen LogP contribution >= 0.6 is 0 Å². The van der Waals surface area contributed by atoms with Crippen molar-refractivity contribution in [1.82, 2.24) is 0 Å². The van der Waals surface area contributed by atoms with Crippen LogP contribution in [0, 0.1) is 25.5 Å². The van der Waals surface area contributed by atoms with Crippen molar-refractivity contribution in [1.29, 1.82) is 0 Å². The van der Waals surface area contributed by atoms with Gasteiger partial charge in [0.25, 0.3) is 0 Å². The topological polar surface area (TPSA) is 22.2 Å². The molecule has 10 rings (SSSR count). The molecule has 0 spiro atoms. The van der Waals surface area contributed by atoms with Crippen LogP contribution in [0.4, 0.5) is 45.5 Å². The van der Waals surface area contributed by atoms with E-state index in [0.717, 1.165) is 45.5 Å². The number of para-hydroxylation sites is 4. The molecule has 0 unspecified atom stereocenters. The maximum absolute atomic E-state index is 6.62. The van der Waals surface area contributed by atoms with Crippen LogP contribution in [0.3, 0.4) is 0 Å². The van der Waals surface area contributed by atoms with Gasteiger partial charge in [0.1, 0.15) is 0 Å². The number of fused-ring (bicyclic) bond motifs is 2. The zero-order valence-corrected chi connectivity index (χ0v) is 39.3. The molecule has 0 saturated heterocycles. The Morgan fingerprint density at radius 2 is 0.734 bits per heavy atom. The maximum Gasteiger partial charge on any atom is 4.00 e. The van der Waals surface area contributed by atoms with E-state index < -0.39 is 0 Å². The average molecular weight is 1010 g/mol. The van der Waals surface area contributed by atoms with Gasteiger partial charge in [-0.3, -0.25) is 0 Å². The Balaban J connectivity index is 0.00000518. The SMILES string of the molecule is CC(C)(C)c1ccc(-c2ccccc2)c(N2[CH-]N(c3[c-]c(Oc4[c-]c(N5[CH-]N(c6cc(C(C)(C)C)ccc6-c6ccccc6)c6ccccc65)ccc4)ccc3)c3ccccc32)c1.[Pt+4]. The van der Waals surface area contributed by atoms with Gasteiger partial charge < -0.3 is 24.3 Å². The number of ether oxygens (including phenoxy) is 1. The summed E-state index contributed by atoms with van der Waals surface area (Å²) in [6.07, 6.45) is 0. The van der Waals surface area contributed by atoms with E-state index in [0.29, 0.717) is 11.5 Å². The molecular weight excluding hydrogens is 964 g/mol. The Morgan fingerprint density at radius 1 is 0.375 bits per heavy atom. The summed E-state index contributed by atoms with van der Waals surface area (Å²) >= 11 is 0. The van der Waals surface area contributed by atoms with Crippen molar-refractivity contribution in [2.75, 3.05) is 19.6 Å². The normalized spacial score (nSPS) is 13.4. The van der Waals surface area contributed by atoms with Crippen LogP contribution in [-0.4, -0.2) is 0 Å². The largest absolute Gasteiger partial charge is 4.00 e. The van der Waals surface area contributed by atoms with Gasteiger partial charge in [0.2, 0.25) is 0 Å². The van der Waals surface area contributed by atoms with Gasteiger partial charge in [0.05, 0.1) is 0 Å². The van der Waals surface area contributed by atoms with Crippen LogP contribution in [0.2, 0.25) is 0 Å². The molecule has 2 aliphatic heterocycles. The first-order valence-corrected chi connectivity index (χ1v) is 21.7. The quantitative estimate of drug-likeness (QED) is 0.141. The third kappa shape index (κ3) is 8.22.